The van der Waals surface area contributed by atoms with E-state index < -0.39 is 17.6 Å². The number of cyclic esters (lactones) is 1. The van der Waals surface area contributed by atoms with Crippen molar-refractivity contribution in [3.8, 4) is 11.3 Å². The minimum atomic E-state index is -0.482. The molecule has 126 valence electrons. The number of aromatic nitrogens is 1. The number of carbonyl (C=O) groups excluding carboxylic acids is 2. The van der Waals surface area contributed by atoms with Gasteiger partial charge in [0.1, 0.15) is 16.6 Å². The molecular weight excluding hydrogens is 352 g/mol. The summed E-state index contributed by atoms with van der Waals surface area (Å²) in [5.74, 6) is -0.409. The summed E-state index contributed by atoms with van der Waals surface area (Å²) in [6.07, 6.45) is -0.432. The average Bonchev–Trinajstić information content (AvgIpc) is 3.05. The van der Waals surface area contributed by atoms with Crippen LogP contribution in [0.5, 0.6) is 0 Å². The molecule has 24 heavy (non-hydrogen) atoms. The number of hydrogen-bond donors (Lipinski definition) is 0. The maximum Gasteiger partial charge on any atom is 0.416 e. The third-order valence-electron chi connectivity index (χ3n) is 3.68. The summed E-state index contributed by atoms with van der Waals surface area (Å²) in [6, 6.07) is 6.77. The molecule has 0 atom stereocenters. The molecule has 1 amide bonds. The molecule has 6 nitrogen and oxygen atoms in total. The van der Waals surface area contributed by atoms with Gasteiger partial charge in [0.15, 0.2) is 5.13 Å². The van der Waals surface area contributed by atoms with E-state index in [1.54, 1.807) is 24.3 Å². The quantitative estimate of drug-likeness (QED) is 0.768. The summed E-state index contributed by atoms with van der Waals surface area (Å²) in [6.45, 7) is 4.10. The molecule has 1 aliphatic rings. The third-order valence-corrected chi connectivity index (χ3v) is 4.92. The van der Waals surface area contributed by atoms with Crippen LogP contribution in [0, 0.1) is 0 Å². The lowest BCUT2D eigenvalue weighted by molar-refractivity contribution is 0.0600. The summed E-state index contributed by atoms with van der Waals surface area (Å²) < 4.78 is 10.2. The predicted octanol–water partition coefficient (Wildman–Crippen LogP) is 3.99. The molecule has 0 spiro atoms. The van der Waals surface area contributed by atoms with E-state index in [1.807, 2.05) is 13.8 Å². The smallest absolute Gasteiger partial charge is 0.416 e. The van der Waals surface area contributed by atoms with Gasteiger partial charge in [-0.05, 0) is 26.0 Å². The van der Waals surface area contributed by atoms with Gasteiger partial charge in [0.05, 0.1) is 18.2 Å². The summed E-state index contributed by atoms with van der Waals surface area (Å²) in [5, 5.41) is 0.486. The molecule has 1 fully saturated rings. The number of methoxy groups -OCH3 is 1. The third kappa shape index (κ3) is 2.85. The first kappa shape index (κ1) is 16.7. The van der Waals surface area contributed by atoms with Crippen LogP contribution in [-0.4, -0.2) is 36.3 Å². The zero-order valence-corrected chi connectivity index (χ0v) is 14.9. The number of carbonyl (C=O) groups is 2. The molecule has 1 saturated heterocycles. The summed E-state index contributed by atoms with van der Waals surface area (Å²) in [4.78, 5) is 29.5. The Bertz CT molecular complexity index is 801. The fraction of sp³-hybridized carbons (Fsp3) is 0.312. The normalized spacial score (nSPS) is 16.2. The molecule has 0 aliphatic carbocycles. The molecule has 8 heteroatoms. The van der Waals surface area contributed by atoms with E-state index in [0.717, 1.165) is 5.56 Å². The molecule has 0 N–H and O–H groups in total. The highest BCUT2D eigenvalue weighted by atomic mass is 35.5. The molecule has 2 heterocycles. The van der Waals surface area contributed by atoms with Gasteiger partial charge in [0.2, 0.25) is 0 Å². The van der Waals surface area contributed by atoms with Crippen LogP contribution in [-0.2, 0) is 9.47 Å². The molecule has 0 bridgehead atoms. The molecule has 1 aromatic heterocycles. The van der Waals surface area contributed by atoms with Gasteiger partial charge in [-0.15, -0.1) is 0 Å². The van der Waals surface area contributed by atoms with Crippen LogP contribution < -0.4 is 4.90 Å². The Morgan fingerprint density at radius 3 is 2.58 bits per heavy atom. The van der Waals surface area contributed by atoms with E-state index in [9.17, 15) is 9.59 Å². The van der Waals surface area contributed by atoms with Gasteiger partial charge in [-0.3, -0.25) is 0 Å². The lowest BCUT2D eigenvalue weighted by Gasteiger charge is -2.24. The van der Waals surface area contributed by atoms with Crippen LogP contribution in [0.2, 0.25) is 4.34 Å². The monoisotopic (exact) mass is 366 g/mol. The second kappa shape index (κ2) is 6.07. The van der Waals surface area contributed by atoms with Crippen molar-refractivity contribution in [3.05, 3.63) is 34.2 Å². The number of amides is 1. The number of ether oxygens (including phenoxy) is 2. The number of benzene rings is 1. The maximum absolute atomic E-state index is 12.0. The van der Waals surface area contributed by atoms with Crippen LogP contribution in [0.1, 0.15) is 24.2 Å². The Balaban J connectivity index is 1.95. The highest BCUT2D eigenvalue weighted by Gasteiger charge is 2.43. The van der Waals surface area contributed by atoms with Crippen molar-refractivity contribution in [2.75, 3.05) is 18.6 Å². The number of halogens is 1. The molecule has 2 aromatic rings. The number of esters is 1. The van der Waals surface area contributed by atoms with E-state index in [4.69, 9.17) is 16.3 Å². The van der Waals surface area contributed by atoms with E-state index >= 15 is 0 Å². The second-order valence-corrected chi connectivity index (χ2v) is 7.47. The molecule has 0 unspecified atom stereocenters. The first-order valence-corrected chi connectivity index (χ1v) is 8.35. The zero-order valence-electron chi connectivity index (χ0n) is 13.3. The summed E-state index contributed by atoms with van der Waals surface area (Å²) >= 11 is 7.53. The summed E-state index contributed by atoms with van der Waals surface area (Å²) in [7, 11) is 1.33. The summed E-state index contributed by atoms with van der Waals surface area (Å²) in [5.41, 5.74) is 1.27. The Morgan fingerprint density at radius 2 is 2.04 bits per heavy atom. The van der Waals surface area contributed by atoms with Gasteiger partial charge < -0.3 is 9.47 Å². The lowest BCUT2D eigenvalue weighted by atomic mass is 10.1. The van der Waals surface area contributed by atoms with Crippen molar-refractivity contribution in [1.29, 1.82) is 0 Å². The van der Waals surface area contributed by atoms with Gasteiger partial charge in [0, 0.05) is 5.56 Å². The van der Waals surface area contributed by atoms with Gasteiger partial charge in [0.25, 0.3) is 0 Å². The molecular formula is C16H15ClN2O4S. The van der Waals surface area contributed by atoms with Crippen LogP contribution in [0.4, 0.5) is 9.93 Å². The van der Waals surface area contributed by atoms with E-state index in [0.29, 0.717) is 27.3 Å². The van der Waals surface area contributed by atoms with Gasteiger partial charge in [-0.25, -0.2) is 19.5 Å². The van der Waals surface area contributed by atoms with Crippen molar-refractivity contribution >= 4 is 40.1 Å². The zero-order chi connectivity index (χ0) is 17.5. The van der Waals surface area contributed by atoms with Crippen LogP contribution in [0.3, 0.4) is 0 Å². The average molecular weight is 367 g/mol. The number of anilines is 1. The van der Waals surface area contributed by atoms with Crippen LogP contribution in [0.25, 0.3) is 11.3 Å². The minimum Gasteiger partial charge on any atom is -0.465 e. The Kier molecular flexibility index (Phi) is 4.23. The molecule has 0 radical (unpaired) electrons. The highest BCUT2D eigenvalue weighted by Crippen LogP contribution is 2.40. The van der Waals surface area contributed by atoms with Crippen molar-refractivity contribution in [2.24, 2.45) is 0 Å². The van der Waals surface area contributed by atoms with Crippen LogP contribution >= 0.6 is 22.9 Å². The van der Waals surface area contributed by atoms with Crippen molar-refractivity contribution in [3.63, 3.8) is 0 Å². The molecule has 1 aromatic carbocycles. The fourth-order valence-electron chi connectivity index (χ4n) is 2.40. The van der Waals surface area contributed by atoms with E-state index in [2.05, 4.69) is 9.72 Å². The van der Waals surface area contributed by atoms with Crippen molar-refractivity contribution in [1.82, 2.24) is 4.98 Å². The van der Waals surface area contributed by atoms with Gasteiger partial charge >= 0.3 is 12.1 Å². The highest BCUT2D eigenvalue weighted by molar-refractivity contribution is 7.20. The predicted molar refractivity (Wildman–Crippen MR) is 91.8 cm³/mol. The molecule has 3 rings (SSSR count). The number of nitrogens with zero attached hydrogens (tertiary/aromatic N) is 2. The van der Waals surface area contributed by atoms with Gasteiger partial charge in [-0.1, -0.05) is 35.1 Å². The maximum atomic E-state index is 12.0. The minimum absolute atomic E-state index is 0.298. The topological polar surface area (TPSA) is 68.7 Å². The Morgan fingerprint density at radius 1 is 1.38 bits per heavy atom. The Hall–Kier alpha value is -2.12. The largest absolute Gasteiger partial charge is 0.465 e. The molecule has 0 saturated carbocycles. The standard InChI is InChI=1S/C16H15ClN2O4S/c1-16(2)8-23-15(21)19(16)14-18-11(12(17)24-14)9-4-6-10(7-5-9)13(20)22-3/h4-7H,8H2,1-3H3. The van der Waals surface area contributed by atoms with Gasteiger partial charge in [-0.2, -0.15) is 0 Å². The van der Waals surface area contributed by atoms with E-state index in [-0.39, 0.29) is 0 Å². The SMILES string of the molecule is COC(=O)c1ccc(-c2nc(N3C(=O)OCC3(C)C)sc2Cl)cc1. The number of hydrogen-bond acceptors (Lipinski definition) is 6. The number of rotatable bonds is 3. The van der Waals surface area contributed by atoms with Crippen molar-refractivity contribution in [2.45, 2.75) is 19.4 Å². The fourth-order valence-corrected chi connectivity index (χ4v) is 3.73. The first-order valence-electron chi connectivity index (χ1n) is 7.15. The first-order chi connectivity index (χ1) is 11.3. The second-order valence-electron chi connectivity index (χ2n) is 5.89. The Labute approximate surface area is 148 Å². The number of thiazole rings is 1. The van der Waals surface area contributed by atoms with E-state index in [1.165, 1.54) is 23.3 Å². The molecule has 1 aliphatic heterocycles. The van der Waals surface area contributed by atoms with Crippen molar-refractivity contribution < 1.29 is 19.1 Å². The lowest BCUT2D eigenvalue weighted by Crippen LogP contribution is -2.42. The van der Waals surface area contributed by atoms with Crippen LogP contribution in [0.15, 0.2) is 24.3 Å².